The zero-order valence-corrected chi connectivity index (χ0v) is 13.0. The van der Waals surface area contributed by atoms with E-state index >= 15 is 0 Å². The van der Waals surface area contributed by atoms with Gasteiger partial charge in [0.15, 0.2) is 0 Å². The number of thiazole rings is 1. The third kappa shape index (κ3) is 3.04. The van der Waals surface area contributed by atoms with Crippen LogP contribution < -0.4 is 0 Å². The van der Waals surface area contributed by atoms with Crippen molar-refractivity contribution in [3.8, 4) is 0 Å². The van der Waals surface area contributed by atoms with Crippen molar-refractivity contribution in [3.63, 3.8) is 0 Å². The molecule has 3 heterocycles. The maximum absolute atomic E-state index is 12.4. The Morgan fingerprint density at radius 2 is 1.80 bits per heavy atom. The van der Waals surface area contributed by atoms with Crippen LogP contribution in [-0.2, 0) is 6.42 Å². The van der Waals surface area contributed by atoms with Crippen LogP contribution in [0, 0.1) is 6.92 Å². The molecule has 0 bridgehead atoms. The van der Waals surface area contributed by atoms with Crippen molar-refractivity contribution in [2.75, 3.05) is 32.7 Å². The fourth-order valence-electron chi connectivity index (χ4n) is 3.08. The van der Waals surface area contributed by atoms with Crippen molar-refractivity contribution < 1.29 is 4.79 Å². The van der Waals surface area contributed by atoms with E-state index in [-0.39, 0.29) is 5.91 Å². The average molecular weight is 293 g/mol. The molecule has 0 aromatic carbocycles. The predicted molar refractivity (Wildman–Crippen MR) is 81.4 cm³/mol. The van der Waals surface area contributed by atoms with Crippen LogP contribution in [-0.4, -0.2) is 53.4 Å². The lowest BCUT2D eigenvalue weighted by Gasteiger charge is -2.14. The van der Waals surface area contributed by atoms with Crippen molar-refractivity contribution in [2.24, 2.45) is 0 Å². The first kappa shape index (κ1) is 14.0. The Labute approximate surface area is 124 Å². The smallest absolute Gasteiger partial charge is 0.265 e. The summed E-state index contributed by atoms with van der Waals surface area (Å²) in [7, 11) is 0. The number of carbonyl (C=O) groups excluding carboxylic acids is 1. The molecule has 0 saturated carbocycles. The topological polar surface area (TPSA) is 36.4 Å². The van der Waals surface area contributed by atoms with Gasteiger partial charge in [0.1, 0.15) is 4.88 Å². The quantitative estimate of drug-likeness (QED) is 0.855. The van der Waals surface area contributed by atoms with Gasteiger partial charge < -0.3 is 9.80 Å². The monoisotopic (exact) mass is 293 g/mol. The van der Waals surface area contributed by atoms with E-state index < -0.39 is 0 Å². The fourth-order valence-corrected chi connectivity index (χ4v) is 4.10. The van der Waals surface area contributed by atoms with E-state index in [9.17, 15) is 4.79 Å². The molecule has 0 N–H and O–H groups in total. The zero-order chi connectivity index (χ0) is 13.9. The summed E-state index contributed by atoms with van der Waals surface area (Å²) in [5, 5.41) is 1.12. The van der Waals surface area contributed by atoms with E-state index in [1.165, 1.54) is 25.9 Å². The Hall–Kier alpha value is -0.940. The van der Waals surface area contributed by atoms with Gasteiger partial charge in [0, 0.05) is 26.1 Å². The van der Waals surface area contributed by atoms with Gasteiger partial charge in [-0.1, -0.05) is 0 Å². The number of rotatable bonds is 4. The number of amides is 1. The van der Waals surface area contributed by atoms with E-state index in [1.807, 2.05) is 11.8 Å². The summed E-state index contributed by atoms with van der Waals surface area (Å²) in [5.74, 6) is 0.199. The minimum absolute atomic E-state index is 0.199. The van der Waals surface area contributed by atoms with Crippen LogP contribution >= 0.6 is 11.3 Å². The molecule has 0 spiro atoms. The number of hydrogen-bond acceptors (Lipinski definition) is 4. The van der Waals surface area contributed by atoms with Crippen LogP contribution in [0.15, 0.2) is 0 Å². The summed E-state index contributed by atoms with van der Waals surface area (Å²) in [4.78, 5) is 22.4. The lowest BCUT2D eigenvalue weighted by Crippen LogP contribution is -2.27. The van der Waals surface area contributed by atoms with Gasteiger partial charge in [-0.15, -0.1) is 11.3 Å². The normalized spacial score (nSPS) is 19.9. The van der Waals surface area contributed by atoms with Gasteiger partial charge in [0.25, 0.3) is 5.91 Å². The largest absolute Gasteiger partial charge is 0.338 e. The molecule has 5 heteroatoms. The Morgan fingerprint density at radius 3 is 2.50 bits per heavy atom. The van der Waals surface area contributed by atoms with Crippen molar-refractivity contribution in [2.45, 2.75) is 39.0 Å². The third-order valence-corrected chi connectivity index (χ3v) is 5.47. The molecule has 4 nitrogen and oxygen atoms in total. The Balaban J connectivity index is 1.62. The van der Waals surface area contributed by atoms with Crippen LogP contribution in [0.3, 0.4) is 0 Å². The minimum atomic E-state index is 0.199. The van der Waals surface area contributed by atoms with Gasteiger partial charge >= 0.3 is 0 Å². The highest BCUT2D eigenvalue weighted by atomic mass is 32.1. The SMILES string of the molecule is Cc1nc(CCN2CCCC2)sc1C(=O)N1CCCC1. The van der Waals surface area contributed by atoms with Crippen LogP contribution in [0.5, 0.6) is 0 Å². The number of nitrogens with zero attached hydrogens (tertiary/aromatic N) is 3. The van der Waals surface area contributed by atoms with Crippen molar-refractivity contribution in [3.05, 3.63) is 15.6 Å². The average Bonchev–Trinajstić information content (AvgIpc) is 3.18. The molecular formula is C15H23N3OS. The molecule has 1 aromatic rings. The second kappa shape index (κ2) is 6.22. The summed E-state index contributed by atoms with van der Waals surface area (Å²) in [6.07, 6.45) is 5.93. The maximum atomic E-state index is 12.4. The summed E-state index contributed by atoms with van der Waals surface area (Å²) in [5.41, 5.74) is 0.920. The van der Waals surface area contributed by atoms with Crippen LogP contribution in [0.4, 0.5) is 0 Å². The Kier molecular flexibility index (Phi) is 4.36. The fraction of sp³-hybridized carbons (Fsp3) is 0.733. The molecule has 2 saturated heterocycles. The standard InChI is InChI=1S/C15H23N3OS/c1-12-14(15(19)18-9-4-5-10-18)20-13(16-12)6-11-17-7-2-3-8-17/h2-11H2,1H3. The molecule has 0 radical (unpaired) electrons. The number of likely N-dealkylation sites (tertiary alicyclic amines) is 2. The minimum Gasteiger partial charge on any atom is -0.338 e. The number of aryl methyl sites for hydroxylation is 1. The van der Waals surface area contributed by atoms with E-state index in [1.54, 1.807) is 11.3 Å². The van der Waals surface area contributed by atoms with Gasteiger partial charge in [-0.05, 0) is 45.7 Å². The maximum Gasteiger partial charge on any atom is 0.265 e. The lowest BCUT2D eigenvalue weighted by molar-refractivity contribution is 0.0796. The second-order valence-corrected chi connectivity index (χ2v) is 6.90. The highest BCUT2D eigenvalue weighted by Crippen LogP contribution is 2.23. The van der Waals surface area contributed by atoms with Gasteiger partial charge in [0.2, 0.25) is 0 Å². The summed E-state index contributed by atoms with van der Waals surface area (Å²) in [6.45, 7) is 7.34. The van der Waals surface area contributed by atoms with Crippen molar-refractivity contribution in [1.29, 1.82) is 0 Å². The highest BCUT2D eigenvalue weighted by molar-refractivity contribution is 7.13. The summed E-state index contributed by atoms with van der Waals surface area (Å²) in [6, 6.07) is 0. The van der Waals surface area contributed by atoms with Gasteiger partial charge in [-0.25, -0.2) is 4.98 Å². The van der Waals surface area contributed by atoms with Gasteiger partial charge in [-0.3, -0.25) is 4.79 Å². The first-order valence-corrected chi connectivity index (χ1v) is 8.53. The molecule has 0 unspecified atom stereocenters. The van der Waals surface area contributed by atoms with E-state index in [2.05, 4.69) is 9.88 Å². The van der Waals surface area contributed by atoms with Gasteiger partial charge in [-0.2, -0.15) is 0 Å². The Morgan fingerprint density at radius 1 is 1.15 bits per heavy atom. The van der Waals surface area contributed by atoms with E-state index in [4.69, 9.17) is 0 Å². The molecule has 20 heavy (non-hydrogen) atoms. The van der Waals surface area contributed by atoms with Gasteiger partial charge in [0.05, 0.1) is 10.7 Å². The predicted octanol–water partition coefficient (Wildman–Crippen LogP) is 2.33. The first-order chi connectivity index (χ1) is 9.74. The molecule has 1 amide bonds. The van der Waals surface area contributed by atoms with Crippen LogP contribution in [0.2, 0.25) is 0 Å². The molecule has 0 atom stereocenters. The summed E-state index contributed by atoms with van der Waals surface area (Å²) < 4.78 is 0. The van der Waals surface area contributed by atoms with Crippen molar-refractivity contribution in [1.82, 2.24) is 14.8 Å². The third-order valence-electron chi connectivity index (χ3n) is 4.27. The number of aromatic nitrogens is 1. The molecule has 110 valence electrons. The molecule has 1 aromatic heterocycles. The molecule has 0 aliphatic carbocycles. The lowest BCUT2D eigenvalue weighted by atomic mass is 10.3. The zero-order valence-electron chi connectivity index (χ0n) is 12.2. The van der Waals surface area contributed by atoms with E-state index in [0.717, 1.165) is 54.5 Å². The van der Waals surface area contributed by atoms with Crippen molar-refractivity contribution >= 4 is 17.2 Å². The summed E-state index contributed by atoms with van der Waals surface area (Å²) >= 11 is 1.61. The first-order valence-electron chi connectivity index (χ1n) is 7.72. The molecule has 2 aliphatic rings. The second-order valence-electron chi connectivity index (χ2n) is 5.82. The molecule has 2 aliphatic heterocycles. The number of hydrogen-bond donors (Lipinski definition) is 0. The molecular weight excluding hydrogens is 270 g/mol. The van der Waals surface area contributed by atoms with E-state index in [0.29, 0.717) is 0 Å². The number of carbonyl (C=O) groups is 1. The highest BCUT2D eigenvalue weighted by Gasteiger charge is 2.24. The Bertz CT molecular complexity index is 473. The van der Waals surface area contributed by atoms with Crippen LogP contribution in [0.25, 0.3) is 0 Å². The molecule has 3 rings (SSSR count). The van der Waals surface area contributed by atoms with Crippen LogP contribution in [0.1, 0.15) is 46.1 Å². The molecule has 2 fully saturated rings.